The predicted octanol–water partition coefficient (Wildman–Crippen LogP) is 5.53. The molecular weight excluding hydrogens is 546 g/mol. The molecule has 2 aliphatic carbocycles. The van der Waals surface area contributed by atoms with E-state index in [1.54, 1.807) is 20.0 Å². The molecule has 3 N–H and O–H groups in total. The van der Waals surface area contributed by atoms with Crippen molar-refractivity contribution in [1.29, 1.82) is 0 Å². The molecule has 0 spiro atoms. The number of halogens is 2. The van der Waals surface area contributed by atoms with Gasteiger partial charge in [-0.25, -0.2) is 18.7 Å². The van der Waals surface area contributed by atoms with Crippen molar-refractivity contribution in [3.8, 4) is 10.6 Å². The molecule has 0 saturated heterocycles. The van der Waals surface area contributed by atoms with Crippen LogP contribution in [0.2, 0.25) is 0 Å². The van der Waals surface area contributed by atoms with Crippen LogP contribution in [0.3, 0.4) is 0 Å². The number of pyridine rings is 1. The first-order chi connectivity index (χ1) is 19.5. The van der Waals surface area contributed by atoms with Gasteiger partial charge in [0.1, 0.15) is 28.0 Å². The van der Waals surface area contributed by atoms with Gasteiger partial charge in [-0.3, -0.25) is 4.98 Å². The number of nitrogens with one attached hydrogen (secondary N) is 1. The lowest BCUT2D eigenvalue weighted by molar-refractivity contribution is -0.0314. The van der Waals surface area contributed by atoms with Gasteiger partial charge in [-0.15, -0.1) is 11.3 Å². The number of hydrogen-bond donors (Lipinski definition) is 3. The van der Waals surface area contributed by atoms with Crippen molar-refractivity contribution < 1.29 is 19.0 Å². The largest absolute Gasteiger partial charge is 0.393 e. The van der Waals surface area contributed by atoms with Gasteiger partial charge in [0.05, 0.1) is 39.9 Å². The topological polar surface area (TPSA) is 107 Å². The second-order valence-corrected chi connectivity index (χ2v) is 12.8. The maximum atomic E-state index is 14.7. The predicted molar refractivity (Wildman–Crippen MR) is 156 cm³/mol. The van der Waals surface area contributed by atoms with E-state index < -0.39 is 23.3 Å². The molecule has 41 heavy (non-hydrogen) atoms. The standard InChI is InChI=1S/C30H34F2N6O2S/c1-15-25(28-36-26-16(2)33-11-10-24(26)41-28)27(35-17-12-20(23(39)13-17)30(3,4)40)37-29(34-15)38(18-8-9-18)14-19-21(31)6-5-7-22(19)32/h5-7,10-11,17-18,20,23,39-40H,8-9,12-14H2,1-4H3,(H,34,35,37)/t17-,20+,23+/m1/s1. The van der Waals surface area contributed by atoms with Crippen LogP contribution in [0.1, 0.15) is 56.5 Å². The van der Waals surface area contributed by atoms with E-state index in [0.29, 0.717) is 30.3 Å². The van der Waals surface area contributed by atoms with Gasteiger partial charge in [-0.2, -0.15) is 4.98 Å². The highest BCUT2D eigenvalue weighted by atomic mass is 32.1. The maximum Gasteiger partial charge on any atom is 0.228 e. The Morgan fingerprint density at radius 2 is 1.78 bits per heavy atom. The Balaban J connectivity index is 1.43. The average molecular weight is 581 g/mol. The van der Waals surface area contributed by atoms with Gasteiger partial charge < -0.3 is 20.4 Å². The van der Waals surface area contributed by atoms with Crippen molar-refractivity contribution in [3.63, 3.8) is 0 Å². The normalized spacial score (nSPS) is 21.0. The minimum atomic E-state index is -1.03. The van der Waals surface area contributed by atoms with Crippen LogP contribution in [0.5, 0.6) is 0 Å². The van der Waals surface area contributed by atoms with Gasteiger partial charge in [0, 0.05) is 29.8 Å². The third kappa shape index (κ3) is 5.50. The molecule has 3 atom stereocenters. The molecule has 0 unspecified atom stereocenters. The summed E-state index contributed by atoms with van der Waals surface area (Å²) < 4.78 is 30.3. The second-order valence-electron chi connectivity index (χ2n) is 11.8. The third-order valence-corrected chi connectivity index (χ3v) is 9.23. The van der Waals surface area contributed by atoms with Crippen LogP contribution < -0.4 is 10.2 Å². The molecule has 8 nitrogen and oxygen atoms in total. The monoisotopic (exact) mass is 580 g/mol. The summed E-state index contributed by atoms with van der Waals surface area (Å²) in [4.78, 5) is 21.0. The van der Waals surface area contributed by atoms with Crippen LogP contribution in [0.4, 0.5) is 20.5 Å². The highest BCUT2D eigenvalue weighted by Crippen LogP contribution is 2.41. The van der Waals surface area contributed by atoms with Crippen LogP contribution in [-0.2, 0) is 6.54 Å². The fourth-order valence-electron chi connectivity index (χ4n) is 5.83. The van der Waals surface area contributed by atoms with Crippen molar-refractivity contribution in [2.45, 2.75) is 83.7 Å². The summed E-state index contributed by atoms with van der Waals surface area (Å²) in [7, 11) is 0. The van der Waals surface area contributed by atoms with Crippen molar-refractivity contribution >= 4 is 33.3 Å². The highest BCUT2D eigenvalue weighted by Gasteiger charge is 2.42. The van der Waals surface area contributed by atoms with E-state index >= 15 is 0 Å². The molecule has 216 valence electrons. The van der Waals surface area contributed by atoms with Gasteiger partial charge in [-0.1, -0.05) is 6.07 Å². The number of aliphatic hydroxyl groups is 2. The zero-order valence-electron chi connectivity index (χ0n) is 23.5. The third-order valence-electron chi connectivity index (χ3n) is 8.19. The molecule has 11 heteroatoms. The van der Waals surface area contributed by atoms with Crippen molar-refractivity contribution in [2.75, 3.05) is 10.2 Å². The van der Waals surface area contributed by atoms with Gasteiger partial charge in [0.25, 0.3) is 0 Å². The molecule has 0 amide bonds. The first-order valence-corrected chi connectivity index (χ1v) is 14.8. The average Bonchev–Trinajstić information content (AvgIpc) is 3.52. The second kappa shape index (κ2) is 10.5. The number of aryl methyl sites for hydroxylation is 2. The van der Waals surface area contributed by atoms with E-state index in [1.165, 1.54) is 29.5 Å². The first-order valence-electron chi connectivity index (χ1n) is 14.0. The summed E-state index contributed by atoms with van der Waals surface area (Å²) in [5.41, 5.74) is 2.02. The van der Waals surface area contributed by atoms with Crippen molar-refractivity contribution in [1.82, 2.24) is 19.9 Å². The van der Waals surface area contributed by atoms with Crippen molar-refractivity contribution in [2.24, 2.45) is 5.92 Å². The molecule has 4 aromatic rings. The summed E-state index contributed by atoms with van der Waals surface area (Å²) in [6.45, 7) is 7.25. The van der Waals surface area contributed by atoms with Crippen LogP contribution in [0.15, 0.2) is 30.5 Å². The van der Waals surface area contributed by atoms with E-state index in [0.717, 1.165) is 39.3 Å². The Morgan fingerprint density at radius 3 is 2.41 bits per heavy atom. The molecular formula is C30H34F2N6O2S. The van der Waals surface area contributed by atoms with Crippen LogP contribution in [0, 0.1) is 31.4 Å². The van der Waals surface area contributed by atoms with Gasteiger partial charge in [0.2, 0.25) is 5.95 Å². The number of hydrogen-bond acceptors (Lipinski definition) is 9. The van der Waals surface area contributed by atoms with Gasteiger partial charge in [0.15, 0.2) is 0 Å². The van der Waals surface area contributed by atoms with E-state index in [-0.39, 0.29) is 30.1 Å². The van der Waals surface area contributed by atoms with Crippen LogP contribution >= 0.6 is 11.3 Å². The smallest absolute Gasteiger partial charge is 0.228 e. The lowest BCUT2D eigenvalue weighted by Gasteiger charge is -2.28. The number of thiazole rings is 1. The number of fused-ring (bicyclic) bond motifs is 1. The number of aliphatic hydroxyl groups excluding tert-OH is 1. The maximum absolute atomic E-state index is 14.7. The molecule has 1 aromatic carbocycles. The Morgan fingerprint density at radius 1 is 1.05 bits per heavy atom. The molecule has 0 aliphatic heterocycles. The molecule has 3 aromatic heterocycles. The highest BCUT2D eigenvalue weighted by molar-refractivity contribution is 7.21. The molecule has 0 radical (unpaired) electrons. The summed E-state index contributed by atoms with van der Waals surface area (Å²) >= 11 is 1.52. The zero-order chi connectivity index (χ0) is 29.1. The van der Waals surface area contributed by atoms with Crippen LogP contribution in [0.25, 0.3) is 20.8 Å². The quantitative estimate of drug-likeness (QED) is 0.250. The lowest BCUT2D eigenvalue weighted by Crippen LogP contribution is -2.36. The number of benzene rings is 1. The molecule has 2 fully saturated rings. The SMILES string of the molecule is Cc1nc(N(Cc2c(F)cccc2F)C2CC2)nc(N[C@H]2C[C@H](O)[C@@H](C(C)(C)O)C2)c1-c1nc2c(C)nccc2s1. The van der Waals surface area contributed by atoms with Gasteiger partial charge in [-0.05, 0) is 71.6 Å². The summed E-state index contributed by atoms with van der Waals surface area (Å²) in [6.07, 6.45) is 3.86. The molecule has 2 saturated carbocycles. The number of anilines is 2. The lowest BCUT2D eigenvalue weighted by atomic mass is 9.88. The summed E-state index contributed by atoms with van der Waals surface area (Å²) in [5.74, 6) is -0.563. The van der Waals surface area contributed by atoms with E-state index in [2.05, 4.69) is 10.3 Å². The molecule has 3 heterocycles. The van der Waals surface area contributed by atoms with E-state index in [1.807, 2.05) is 24.8 Å². The van der Waals surface area contributed by atoms with Crippen molar-refractivity contribution in [3.05, 3.63) is 59.0 Å². The Kier molecular flexibility index (Phi) is 7.15. The van der Waals surface area contributed by atoms with Crippen LogP contribution in [-0.4, -0.2) is 53.9 Å². The first kappa shape index (κ1) is 27.9. The minimum absolute atomic E-state index is 0.0102. The molecule has 2 aliphatic rings. The Hall–Kier alpha value is -3.28. The summed E-state index contributed by atoms with van der Waals surface area (Å²) in [5, 5.41) is 25.6. The molecule has 6 rings (SSSR count). The van der Waals surface area contributed by atoms with Gasteiger partial charge >= 0.3 is 0 Å². The number of nitrogens with zero attached hydrogens (tertiary/aromatic N) is 5. The van der Waals surface area contributed by atoms with E-state index in [9.17, 15) is 19.0 Å². The fourth-order valence-corrected chi connectivity index (χ4v) is 6.94. The molecule has 0 bridgehead atoms. The van der Waals surface area contributed by atoms with E-state index in [4.69, 9.17) is 15.0 Å². The summed E-state index contributed by atoms with van der Waals surface area (Å²) in [6, 6.07) is 5.74. The fraction of sp³-hybridized carbons (Fsp3) is 0.467. The Labute approximate surface area is 241 Å². The number of aromatic nitrogens is 4. The zero-order valence-corrected chi connectivity index (χ0v) is 24.3. The minimum Gasteiger partial charge on any atom is -0.393 e. The number of rotatable bonds is 8. The Bertz CT molecular complexity index is 1580.